The van der Waals surface area contributed by atoms with E-state index in [0.717, 1.165) is 0 Å². The van der Waals surface area contributed by atoms with Crippen molar-refractivity contribution in [2.75, 3.05) is 13.1 Å². The first-order valence-electron chi connectivity index (χ1n) is 5.01. The lowest BCUT2D eigenvalue weighted by Gasteiger charge is -2.39. The largest absolute Gasteiger partial charge is 0.314 e. The van der Waals surface area contributed by atoms with E-state index in [9.17, 15) is 10.5 Å². The Morgan fingerprint density at radius 2 is 1.86 bits per heavy atom. The Morgan fingerprint density at radius 3 is 2.21 bits per heavy atom. The van der Waals surface area contributed by atoms with Gasteiger partial charge in [-0.25, -0.2) is 0 Å². The van der Waals surface area contributed by atoms with E-state index >= 15 is 0 Å². The monoisotopic (exact) mass is 197 g/mol. The minimum Gasteiger partial charge on any atom is -0.314 e. The quantitative estimate of drug-likeness (QED) is 0.661. The zero-order chi connectivity index (χ0) is 10.8. The van der Waals surface area contributed by atoms with Gasteiger partial charge in [-0.15, -0.1) is 0 Å². The molecule has 0 spiro atoms. The van der Waals surface area contributed by atoms with Gasteiger partial charge in [0.1, 0.15) is 5.54 Å². The average molecular weight is 197 g/mol. The van der Waals surface area contributed by atoms with Crippen LogP contribution < -0.4 is 5.32 Å². The van der Waals surface area contributed by atoms with E-state index in [0.29, 0.717) is 25.9 Å². The second-order valence-corrected chi connectivity index (χ2v) is 5.02. The van der Waals surface area contributed by atoms with Gasteiger partial charge >= 0.3 is 0 Å². The Labute approximate surface area is 85.5 Å². The van der Waals surface area contributed by atoms with Crippen LogP contribution in [0, 0.1) is 11.3 Å². The highest BCUT2D eigenvalue weighted by molar-refractivity contribution is 5.11. The molecule has 0 aromatic heterocycles. The van der Waals surface area contributed by atoms with Crippen LogP contribution in [0.4, 0.5) is 0 Å². The zero-order valence-electron chi connectivity index (χ0n) is 9.17. The number of rotatable bonds is 1. The molecule has 1 aliphatic rings. The predicted molar refractivity (Wildman–Crippen MR) is 53.8 cm³/mol. The van der Waals surface area contributed by atoms with Crippen molar-refractivity contribution in [1.82, 2.24) is 10.4 Å². The van der Waals surface area contributed by atoms with E-state index < -0.39 is 5.54 Å². The van der Waals surface area contributed by atoms with Crippen LogP contribution in [0.1, 0.15) is 33.6 Å². The van der Waals surface area contributed by atoms with E-state index in [1.54, 1.807) is 0 Å². The zero-order valence-corrected chi connectivity index (χ0v) is 9.17. The van der Waals surface area contributed by atoms with Gasteiger partial charge in [-0.05, 0) is 33.6 Å². The van der Waals surface area contributed by atoms with Crippen LogP contribution in [0.2, 0.25) is 0 Å². The predicted octanol–water partition coefficient (Wildman–Crippen LogP) is 1.12. The van der Waals surface area contributed by atoms with Crippen molar-refractivity contribution >= 4 is 0 Å². The number of hydrogen-bond donors (Lipinski definition) is 2. The van der Waals surface area contributed by atoms with Gasteiger partial charge in [-0.3, -0.25) is 5.32 Å². The molecule has 0 radical (unpaired) electrons. The molecule has 1 fully saturated rings. The van der Waals surface area contributed by atoms with Crippen molar-refractivity contribution in [1.29, 1.82) is 5.26 Å². The molecule has 1 aliphatic heterocycles. The molecule has 1 saturated heterocycles. The Morgan fingerprint density at radius 1 is 1.36 bits per heavy atom. The lowest BCUT2D eigenvalue weighted by atomic mass is 9.87. The first-order valence-corrected chi connectivity index (χ1v) is 5.01. The summed E-state index contributed by atoms with van der Waals surface area (Å²) in [6.07, 6.45) is 1.36. The van der Waals surface area contributed by atoms with Gasteiger partial charge in [0.2, 0.25) is 0 Å². The molecular weight excluding hydrogens is 178 g/mol. The number of piperidine rings is 1. The molecule has 0 unspecified atom stereocenters. The van der Waals surface area contributed by atoms with Crippen LogP contribution in [-0.4, -0.2) is 34.4 Å². The van der Waals surface area contributed by atoms with Gasteiger partial charge in [0.25, 0.3) is 0 Å². The molecule has 0 atom stereocenters. The Balaban J connectivity index is 2.65. The topological polar surface area (TPSA) is 59.3 Å². The van der Waals surface area contributed by atoms with E-state index in [2.05, 4.69) is 32.2 Å². The van der Waals surface area contributed by atoms with Gasteiger partial charge < -0.3 is 5.21 Å². The Kier molecular flexibility index (Phi) is 3.15. The fraction of sp³-hybridized carbons (Fsp3) is 0.900. The van der Waals surface area contributed by atoms with E-state index in [1.165, 1.54) is 5.06 Å². The third-order valence-corrected chi connectivity index (χ3v) is 2.42. The molecule has 4 nitrogen and oxygen atoms in total. The van der Waals surface area contributed by atoms with E-state index in [1.807, 2.05) is 0 Å². The van der Waals surface area contributed by atoms with Crippen molar-refractivity contribution in [3.63, 3.8) is 0 Å². The number of nitriles is 1. The molecule has 14 heavy (non-hydrogen) atoms. The molecule has 0 aromatic carbocycles. The van der Waals surface area contributed by atoms with Crippen LogP contribution in [0.5, 0.6) is 0 Å². The fourth-order valence-electron chi connectivity index (χ4n) is 1.86. The van der Waals surface area contributed by atoms with Crippen LogP contribution in [0.25, 0.3) is 0 Å². The highest BCUT2D eigenvalue weighted by Gasteiger charge is 2.37. The highest BCUT2D eigenvalue weighted by atomic mass is 16.5. The number of nitrogens with one attached hydrogen (secondary N) is 1. The average Bonchev–Trinajstić information content (AvgIpc) is 2.07. The molecule has 4 heteroatoms. The summed E-state index contributed by atoms with van der Waals surface area (Å²) >= 11 is 0. The summed E-state index contributed by atoms with van der Waals surface area (Å²) in [7, 11) is 0. The lowest BCUT2D eigenvalue weighted by Crippen LogP contribution is -2.57. The molecule has 0 aliphatic carbocycles. The molecular formula is C10H19N3O. The molecule has 0 aromatic rings. The maximum Gasteiger partial charge on any atom is 0.109 e. The first kappa shape index (κ1) is 11.4. The highest BCUT2D eigenvalue weighted by Crippen LogP contribution is 2.23. The third kappa shape index (κ3) is 2.95. The van der Waals surface area contributed by atoms with Crippen molar-refractivity contribution < 1.29 is 5.21 Å². The van der Waals surface area contributed by atoms with Crippen molar-refractivity contribution in [2.45, 2.75) is 44.7 Å². The molecule has 1 heterocycles. The van der Waals surface area contributed by atoms with Crippen molar-refractivity contribution in [2.24, 2.45) is 0 Å². The van der Waals surface area contributed by atoms with Crippen molar-refractivity contribution in [3.05, 3.63) is 0 Å². The molecule has 0 amide bonds. The van der Waals surface area contributed by atoms with Crippen LogP contribution in [0.15, 0.2) is 0 Å². The van der Waals surface area contributed by atoms with Crippen LogP contribution in [0.3, 0.4) is 0 Å². The minimum absolute atomic E-state index is 0.0621. The summed E-state index contributed by atoms with van der Waals surface area (Å²) in [5.74, 6) is 0. The van der Waals surface area contributed by atoms with Crippen LogP contribution in [-0.2, 0) is 0 Å². The first-order chi connectivity index (χ1) is 6.37. The second-order valence-electron chi connectivity index (χ2n) is 5.02. The Hall–Kier alpha value is -0.630. The Bertz CT molecular complexity index is 231. The maximum absolute atomic E-state index is 9.23. The number of hydrogen-bond acceptors (Lipinski definition) is 4. The standard InChI is InChI=1S/C10H19N3O/c1-9(2,3)12-10(8-11)4-6-13(14)7-5-10/h12,14H,4-7H2,1-3H3. The van der Waals surface area contributed by atoms with Gasteiger partial charge in [0.05, 0.1) is 6.07 Å². The van der Waals surface area contributed by atoms with Crippen molar-refractivity contribution in [3.8, 4) is 6.07 Å². The fourth-order valence-corrected chi connectivity index (χ4v) is 1.86. The normalized spacial score (nSPS) is 23.1. The molecule has 2 N–H and O–H groups in total. The maximum atomic E-state index is 9.23. The van der Waals surface area contributed by atoms with Gasteiger partial charge in [0.15, 0.2) is 0 Å². The lowest BCUT2D eigenvalue weighted by molar-refractivity contribution is -0.114. The van der Waals surface area contributed by atoms with Gasteiger partial charge in [0, 0.05) is 18.6 Å². The molecule has 0 saturated carbocycles. The summed E-state index contributed by atoms with van der Waals surface area (Å²) in [5, 5.41) is 23.0. The number of hydroxylamine groups is 2. The smallest absolute Gasteiger partial charge is 0.109 e. The molecule has 80 valence electrons. The minimum atomic E-state index is -0.461. The van der Waals surface area contributed by atoms with E-state index in [-0.39, 0.29) is 5.54 Å². The second kappa shape index (κ2) is 3.85. The summed E-state index contributed by atoms with van der Waals surface area (Å²) in [6.45, 7) is 7.29. The summed E-state index contributed by atoms with van der Waals surface area (Å²) < 4.78 is 0. The van der Waals surface area contributed by atoms with E-state index in [4.69, 9.17) is 0 Å². The summed E-state index contributed by atoms with van der Waals surface area (Å²) in [6, 6.07) is 2.35. The third-order valence-electron chi connectivity index (χ3n) is 2.42. The molecule has 0 bridgehead atoms. The van der Waals surface area contributed by atoms with Gasteiger partial charge in [-0.2, -0.15) is 10.3 Å². The van der Waals surface area contributed by atoms with Crippen LogP contribution >= 0.6 is 0 Å². The SMILES string of the molecule is CC(C)(C)NC1(C#N)CCN(O)CC1. The summed E-state index contributed by atoms with van der Waals surface area (Å²) in [4.78, 5) is 0. The number of nitrogens with zero attached hydrogens (tertiary/aromatic N) is 2. The molecule has 1 rings (SSSR count). The summed E-state index contributed by atoms with van der Waals surface area (Å²) in [5.41, 5.74) is -0.523. The van der Waals surface area contributed by atoms with Gasteiger partial charge in [-0.1, -0.05) is 0 Å².